The van der Waals surface area contributed by atoms with Gasteiger partial charge in [0.2, 0.25) is 0 Å². The van der Waals surface area contributed by atoms with Crippen molar-refractivity contribution in [1.82, 2.24) is 0 Å². The number of rotatable bonds is 6. The van der Waals surface area contributed by atoms with E-state index in [1.165, 1.54) is 24.3 Å². The average molecular weight is 374 g/mol. The maximum absolute atomic E-state index is 13.2. The van der Waals surface area contributed by atoms with Crippen molar-refractivity contribution in [2.45, 2.75) is 6.61 Å². The molecule has 0 atom stereocenters. The summed E-state index contributed by atoms with van der Waals surface area (Å²) < 4.78 is 18.8. The molecule has 5 nitrogen and oxygen atoms in total. The van der Waals surface area contributed by atoms with Crippen molar-refractivity contribution >= 4 is 17.3 Å². The van der Waals surface area contributed by atoms with Crippen molar-refractivity contribution < 1.29 is 14.1 Å². The second-order valence-electron chi connectivity index (χ2n) is 5.96. The van der Waals surface area contributed by atoms with Crippen molar-refractivity contribution in [2.75, 3.05) is 0 Å². The van der Waals surface area contributed by atoms with E-state index in [4.69, 9.17) is 4.74 Å². The Morgan fingerprint density at radius 3 is 2.54 bits per heavy atom. The van der Waals surface area contributed by atoms with Crippen LogP contribution in [0.2, 0.25) is 0 Å². The zero-order chi connectivity index (χ0) is 19.9. The molecule has 0 fully saturated rings. The van der Waals surface area contributed by atoms with Crippen molar-refractivity contribution in [1.29, 1.82) is 5.26 Å². The minimum Gasteiger partial charge on any atom is -0.489 e. The van der Waals surface area contributed by atoms with E-state index in [1.54, 1.807) is 54.6 Å². The highest BCUT2D eigenvalue weighted by Gasteiger charge is 2.09. The minimum absolute atomic E-state index is 0.0697. The minimum atomic E-state index is -0.497. The second kappa shape index (κ2) is 8.60. The van der Waals surface area contributed by atoms with Crippen LogP contribution in [0, 0.1) is 27.3 Å². The van der Waals surface area contributed by atoms with E-state index >= 15 is 0 Å². The number of nitro groups is 1. The number of allylic oxidation sites excluding steroid dienone is 1. The van der Waals surface area contributed by atoms with Crippen LogP contribution in [0.1, 0.15) is 16.7 Å². The molecule has 0 unspecified atom stereocenters. The van der Waals surface area contributed by atoms with E-state index < -0.39 is 4.92 Å². The molecule has 0 amide bonds. The average Bonchev–Trinajstić information content (AvgIpc) is 2.71. The summed E-state index contributed by atoms with van der Waals surface area (Å²) >= 11 is 0. The first-order valence-corrected chi connectivity index (χ1v) is 8.39. The van der Waals surface area contributed by atoms with E-state index in [-0.39, 0.29) is 18.1 Å². The van der Waals surface area contributed by atoms with Crippen LogP contribution in [0.4, 0.5) is 10.1 Å². The van der Waals surface area contributed by atoms with Crippen LogP contribution in [-0.4, -0.2) is 4.92 Å². The number of hydrogen-bond acceptors (Lipinski definition) is 4. The van der Waals surface area contributed by atoms with Gasteiger partial charge in [-0.05, 0) is 47.0 Å². The number of nitro benzene ring substituents is 1. The van der Waals surface area contributed by atoms with Gasteiger partial charge in [-0.2, -0.15) is 5.26 Å². The van der Waals surface area contributed by atoms with Crippen LogP contribution in [0.3, 0.4) is 0 Å². The fourth-order valence-electron chi connectivity index (χ4n) is 2.59. The molecular formula is C22H15FN2O3. The Morgan fingerprint density at radius 1 is 1.11 bits per heavy atom. The lowest BCUT2D eigenvalue weighted by Gasteiger charge is -2.07. The molecule has 28 heavy (non-hydrogen) atoms. The molecule has 0 N–H and O–H groups in total. The van der Waals surface area contributed by atoms with Gasteiger partial charge >= 0.3 is 0 Å². The number of benzene rings is 3. The molecule has 0 aliphatic carbocycles. The maximum Gasteiger partial charge on any atom is 0.270 e. The van der Waals surface area contributed by atoms with Crippen LogP contribution in [0.5, 0.6) is 5.75 Å². The van der Waals surface area contributed by atoms with Crippen molar-refractivity contribution in [3.05, 3.63) is 105 Å². The third-order valence-electron chi connectivity index (χ3n) is 3.97. The Kier molecular flexibility index (Phi) is 5.78. The summed E-state index contributed by atoms with van der Waals surface area (Å²) in [5, 5.41) is 20.3. The van der Waals surface area contributed by atoms with E-state index in [1.807, 2.05) is 0 Å². The van der Waals surface area contributed by atoms with Gasteiger partial charge in [0.25, 0.3) is 5.69 Å². The first kappa shape index (κ1) is 18.8. The van der Waals surface area contributed by atoms with Crippen LogP contribution < -0.4 is 4.74 Å². The summed E-state index contributed by atoms with van der Waals surface area (Å²) in [6.45, 7) is 0.240. The molecule has 138 valence electrons. The molecule has 0 spiro atoms. The standard InChI is InChI=1S/C22H15FN2O3/c23-20-5-1-3-17(12-20)15-28-22-9-7-16(8-10-22)11-19(14-24)18-4-2-6-21(13-18)25(26)27/h1-13H,15H2. The normalized spacial score (nSPS) is 10.9. The quantitative estimate of drug-likeness (QED) is 0.251. The second-order valence-corrected chi connectivity index (χ2v) is 5.96. The van der Waals surface area contributed by atoms with E-state index in [0.717, 1.165) is 11.1 Å². The molecule has 0 bridgehead atoms. The van der Waals surface area contributed by atoms with Gasteiger partial charge in [-0.25, -0.2) is 4.39 Å². The Labute approximate surface area is 161 Å². The van der Waals surface area contributed by atoms with Gasteiger partial charge in [-0.3, -0.25) is 10.1 Å². The van der Waals surface area contributed by atoms with Crippen LogP contribution in [0.15, 0.2) is 72.8 Å². The first-order valence-electron chi connectivity index (χ1n) is 8.39. The zero-order valence-corrected chi connectivity index (χ0v) is 14.7. The number of ether oxygens (including phenoxy) is 1. The highest BCUT2D eigenvalue weighted by atomic mass is 19.1. The SMILES string of the molecule is N#CC(=Cc1ccc(OCc2cccc(F)c2)cc1)c1cccc([N+](=O)[O-])c1. The molecule has 0 aromatic heterocycles. The number of hydrogen-bond donors (Lipinski definition) is 0. The number of nitriles is 1. The molecule has 0 aliphatic rings. The number of non-ortho nitro benzene ring substituents is 1. The smallest absolute Gasteiger partial charge is 0.270 e. The first-order chi connectivity index (χ1) is 13.5. The Morgan fingerprint density at radius 2 is 1.86 bits per heavy atom. The molecule has 0 saturated heterocycles. The Balaban J connectivity index is 1.74. The third-order valence-corrected chi connectivity index (χ3v) is 3.97. The molecule has 0 radical (unpaired) electrons. The summed E-state index contributed by atoms with van der Waals surface area (Å²) in [4.78, 5) is 10.4. The third kappa shape index (κ3) is 4.80. The highest BCUT2D eigenvalue weighted by Crippen LogP contribution is 2.23. The van der Waals surface area contributed by atoms with E-state index in [9.17, 15) is 19.8 Å². The lowest BCUT2D eigenvalue weighted by Crippen LogP contribution is -1.95. The molecule has 3 rings (SSSR count). The molecule has 3 aromatic carbocycles. The van der Waals surface area contributed by atoms with Crippen molar-refractivity contribution in [3.8, 4) is 11.8 Å². The summed E-state index contributed by atoms with van der Waals surface area (Å²) in [5.41, 5.74) is 2.20. The lowest BCUT2D eigenvalue weighted by atomic mass is 10.0. The molecular weight excluding hydrogens is 359 g/mol. The zero-order valence-electron chi connectivity index (χ0n) is 14.7. The van der Waals surface area contributed by atoms with Gasteiger partial charge in [0.15, 0.2) is 0 Å². The summed E-state index contributed by atoms with van der Waals surface area (Å²) in [6.07, 6.45) is 1.65. The van der Waals surface area contributed by atoms with Gasteiger partial charge in [0, 0.05) is 12.1 Å². The topological polar surface area (TPSA) is 76.2 Å². The van der Waals surface area contributed by atoms with E-state index in [0.29, 0.717) is 16.9 Å². The fourth-order valence-corrected chi connectivity index (χ4v) is 2.59. The molecule has 6 heteroatoms. The van der Waals surface area contributed by atoms with E-state index in [2.05, 4.69) is 6.07 Å². The van der Waals surface area contributed by atoms with Crippen LogP contribution in [0.25, 0.3) is 11.6 Å². The molecule has 0 heterocycles. The van der Waals surface area contributed by atoms with Crippen LogP contribution in [-0.2, 0) is 6.61 Å². The summed E-state index contributed by atoms with van der Waals surface area (Å²) in [7, 11) is 0. The fraction of sp³-hybridized carbons (Fsp3) is 0.0455. The Bertz CT molecular complexity index is 1070. The van der Waals surface area contributed by atoms with Crippen molar-refractivity contribution in [3.63, 3.8) is 0 Å². The summed E-state index contributed by atoms with van der Waals surface area (Å²) in [6, 6.07) is 21.2. The summed E-state index contributed by atoms with van der Waals surface area (Å²) in [5.74, 6) is 0.294. The molecule has 0 saturated carbocycles. The van der Waals surface area contributed by atoms with Gasteiger partial charge in [-0.1, -0.05) is 36.4 Å². The number of nitrogens with zero attached hydrogens (tertiary/aromatic N) is 2. The predicted molar refractivity (Wildman–Crippen MR) is 104 cm³/mol. The van der Waals surface area contributed by atoms with Crippen molar-refractivity contribution in [2.24, 2.45) is 0 Å². The van der Waals surface area contributed by atoms with Gasteiger partial charge in [0.1, 0.15) is 18.2 Å². The van der Waals surface area contributed by atoms with Gasteiger partial charge < -0.3 is 4.74 Å². The van der Waals surface area contributed by atoms with Crippen LogP contribution >= 0.6 is 0 Å². The van der Waals surface area contributed by atoms with Gasteiger partial charge in [0.05, 0.1) is 16.6 Å². The number of halogens is 1. The monoisotopic (exact) mass is 374 g/mol. The largest absolute Gasteiger partial charge is 0.489 e. The van der Waals surface area contributed by atoms with Gasteiger partial charge in [-0.15, -0.1) is 0 Å². The molecule has 3 aromatic rings. The highest BCUT2D eigenvalue weighted by molar-refractivity contribution is 5.90. The molecule has 0 aliphatic heterocycles. The lowest BCUT2D eigenvalue weighted by molar-refractivity contribution is -0.384. The Hall–Kier alpha value is -3.98. The maximum atomic E-state index is 13.2. The predicted octanol–water partition coefficient (Wildman–Crippen LogP) is 5.38.